The van der Waals surface area contributed by atoms with Crippen LogP contribution in [0, 0.1) is 0 Å². The Labute approximate surface area is 129 Å². The number of hydrogen-bond acceptors (Lipinski definition) is 2. The summed E-state index contributed by atoms with van der Waals surface area (Å²) in [4.78, 5) is 10.3. The van der Waals surface area contributed by atoms with E-state index < -0.39 is 12.1 Å². The molecular weight excluding hydrogens is 266 g/mol. The molecule has 0 bridgehead atoms. The zero-order chi connectivity index (χ0) is 15.8. The topological polar surface area (TPSA) is 57.5 Å². The van der Waals surface area contributed by atoms with Crippen molar-refractivity contribution in [3.05, 3.63) is 36.5 Å². The molecule has 0 aliphatic heterocycles. The molecule has 0 radical (unpaired) electrons. The minimum absolute atomic E-state index is 0.284. The number of allylic oxidation sites excluding steroid dienone is 4. The van der Waals surface area contributed by atoms with E-state index >= 15 is 0 Å². The third-order valence-electron chi connectivity index (χ3n) is 3.10. The second kappa shape index (κ2) is 15.0. The Bertz CT molecular complexity index is 329. The summed E-state index contributed by atoms with van der Waals surface area (Å²) in [5.74, 6) is -0.704. The van der Waals surface area contributed by atoms with Gasteiger partial charge in [0.15, 0.2) is 0 Å². The van der Waals surface area contributed by atoms with Gasteiger partial charge in [-0.15, -0.1) is 0 Å². The van der Waals surface area contributed by atoms with E-state index in [9.17, 15) is 9.90 Å². The summed E-state index contributed by atoms with van der Waals surface area (Å²) >= 11 is 0. The SMILES string of the molecule is CC/C=C\C/C=C\[C@@H](O)/C=C\CCCCCCC[14C](=O)O. The average Bonchev–Trinajstić information content (AvgIpc) is 2.45. The standard InChI is InChI=1S/C18H30O3/c1-2-3-4-8-11-14-17(19)15-12-9-6-5-7-10-13-16-18(20)21/h3-4,11-12,14-15,17,19H,2,5-10,13,16H2,1H3,(H,20,21)/b4-3-,14-11-,15-12-/t17-/m1/s1/i18+2. The molecule has 2 N–H and O–H groups in total. The molecule has 0 saturated carbocycles. The van der Waals surface area contributed by atoms with Crippen molar-refractivity contribution in [3.63, 3.8) is 0 Å². The molecule has 0 spiro atoms. The first-order chi connectivity index (χ1) is 10.2. The van der Waals surface area contributed by atoms with Gasteiger partial charge < -0.3 is 10.2 Å². The fraction of sp³-hybridized carbons (Fsp3) is 0.611. The van der Waals surface area contributed by atoms with Gasteiger partial charge in [0.25, 0.3) is 0 Å². The molecule has 120 valence electrons. The van der Waals surface area contributed by atoms with Crippen LogP contribution in [-0.2, 0) is 4.79 Å². The number of carbonyl (C=O) groups is 1. The molecule has 0 amide bonds. The first-order valence-corrected chi connectivity index (χ1v) is 8.05. The number of unbranched alkanes of at least 4 members (excludes halogenated alkanes) is 5. The Morgan fingerprint density at radius 3 is 2.33 bits per heavy atom. The van der Waals surface area contributed by atoms with Gasteiger partial charge in [-0.25, -0.2) is 0 Å². The van der Waals surface area contributed by atoms with Crippen LogP contribution in [0.15, 0.2) is 36.5 Å². The smallest absolute Gasteiger partial charge is 0.303 e. The third kappa shape index (κ3) is 16.6. The van der Waals surface area contributed by atoms with Crippen LogP contribution < -0.4 is 0 Å². The minimum atomic E-state index is -0.704. The van der Waals surface area contributed by atoms with Gasteiger partial charge in [-0.1, -0.05) is 62.6 Å². The van der Waals surface area contributed by atoms with Gasteiger partial charge in [-0.05, 0) is 32.1 Å². The van der Waals surface area contributed by atoms with Crippen molar-refractivity contribution in [3.8, 4) is 0 Å². The van der Waals surface area contributed by atoms with E-state index in [0.717, 1.165) is 51.4 Å². The van der Waals surface area contributed by atoms with Crippen molar-refractivity contribution in [1.82, 2.24) is 0 Å². The Hall–Kier alpha value is -1.35. The molecule has 0 heterocycles. The van der Waals surface area contributed by atoms with Crippen molar-refractivity contribution < 1.29 is 15.0 Å². The van der Waals surface area contributed by atoms with Gasteiger partial charge in [0.2, 0.25) is 0 Å². The maximum absolute atomic E-state index is 10.3. The zero-order valence-electron chi connectivity index (χ0n) is 13.2. The van der Waals surface area contributed by atoms with Crippen LogP contribution in [0.3, 0.4) is 0 Å². The second-order valence-corrected chi connectivity index (χ2v) is 5.16. The zero-order valence-corrected chi connectivity index (χ0v) is 13.2. The van der Waals surface area contributed by atoms with Gasteiger partial charge in [-0.3, -0.25) is 4.79 Å². The summed E-state index contributed by atoms with van der Waals surface area (Å²) < 4.78 is 0. The average molecular weight is 296 g/mol. The Morgan fingerprint density at radius 2 is 1.62 bits per heavy atom. The molecule has 0 aromatic heterocycles. The van der Waals surface area contributed by atoms with E-state index in [0.29, 0.717) is 0 Å². The highest BCUT2D eigenvalue weighted by molar-refractivity contribution is 5.66. The quantitative estimate of drug-likeness (QED) is 0.385. The highest BCUT2D eigenvalue weighted by Gasteiger charge is 1.96. The highest BCUT2D eigenvalue weighted by atomic mass is 16.6. The van der Waals surface area contributed by atoms with Crippen molar-refractivity contribution in [2.75, 3.05) is 0 Å². The summed E-state index contributed by atoms with van der Waals surface area (Å²) in [6, 6.07) is 0. The van der Waals surface area contributed by atoms with Crippen molar-refractivity contribution in [2.24, 2.45) is 0 Å². The number of carboxylic acid groups (broad SMARTS) is 1. The summed E-state index contributed by atoms with van der Waals surface area (Å²) in [5, 5.41) is 18.2. The van der Waals surface area contributed by atoms with Crippen LogP contribution in [0.4, 0.5) is 0 Å². The van der Waals surface area contributed by atoms with Crippen LogP contribution in [0.25, 0.3) is 0 Å². The molecule has 3 nitrogen and oxygen atoms in total. The number of aliphatic hydroxyl groups is 1. The van der Waals surface area contributed by atoms with Crippen LogP contribution in [0.5, 0.6) is 0 Å². The van der Waals surface area contributed by atoms with Gasteiger partial charge in [0, 0.05) is 6.42 Å². The van der Waals surface area contributed by atoms with Crippen LogP contribution in [0.2, 0.25) is 0 Å². The maximum Gasteiger partial charge on any atom is 0.303 e. The number of aliphatic hydroxyl groups excluding tert-OH is 1. The van der Waals surface area contributed by atoms with E-state index in [-0.39, 0.29) is 6.42 Å². The molecular formula is C18H30O3. The Kier molecular flexibility index (Phi) is 14.1. The predicted octanol–water partition coefficient (Wildman–Crippen LogP) is 4.63. The largest absolute Gasteiger partial charge is 0.481 e. The summed E-state index contributed by atoms with van der Waals surface area (Å²) in [5.41, 5.74) is 0. The van der Waals surface area contributed by atoms with Crippen molar-refractivity contribution >= 4 is 5.97 Å². The molecule has 0 saturated heterocycles. The van der Waals surface area contributed by atoms with Crippen LogP contribution >= 0.6 is 0 Å². The van der Waals surface area contributed by atoms with E-state index in [4.69, 9.17) is 5.11 Å². The summed E-state index contributed by atoms with van der Waals surface area (Å²) in [6.45, 7) is 2.10. The van der Waals surface area contributed by atoms with Crippen molar-refractivity contribution in [1.29, 1.82) is 0 Å². The Balaban J connectivity index is 3.45. The predicted molar refractivity (Wildman–Crippen MR) is 88.3 cm³/mol. The lowest BCUT2D eigenvalue weighted by atomic mass is 10.1. The molecule has 1 atom stereocenters. The fourth-order valence-corrected chi connectivity index (χ4v) is 1.93. The first kappa shape index (κ1) is 19.7. The van der Waals surface area contributed by atoms with Crippen LogP contribution in [-0.4, -0.2) is 22.3 Å². The molecule has 0 aromatic carbocycles. The number of aliphatic carboxylic acids is 1. The molecule has 3 heteroatoms. The van der Waals surface area contributed by atoms with Crippen LogP contribution in [0.1, 0.15) is 64.7 Å². The highest BCUT2D eigenvalue weighted by Crippen LogP contribution is 2.08. The van der Waals surface area contributed by atoms with E-state index in [1.165, 1.54) is 0 Å². The monoisotopic (exact) mass is 296 g/mol. The number of carboxylic acids is 1. The lowest BCUT2D eigenvalue weighted by molar-refractivity contribution is -0.137. The lowest BCUT2D eigenvalue weighted by Gasteiger charge is -1.99. The minimum Gasteiger partial charge on any atom is -0.481 e. The second-order valence-electron chi connectivity index (χ2n) is 5.16. The lowest BCUT2D eigenvalue weighted by Crippen LogP contribution is -1.95. The summed E-state index contributed by atoms with van der Waals surface area (Å²) in [7, 11) is 0. The molecule has 0 aliphatic carbocycles. The molecule has 0 unspecified atom stereocenters. The number of hydrogen-bond donors (Lipinski definition) is 2. The maximum atomic E-state index is 10.3. The third-order valence-corrected chi connectivity index (χ3v) is 3.10. The number of rotatable bonds is 13. The van der Waals surface area contributed by atoms with E-state index in [2.05, 4.69) is 19.1 Å². The van der Waals surface area contributed by atoms with Gasteiger partial charge in [0.1, 0.15) is 0 Å². The molecule has 0 rings (SSSR count). The molecule has 0 aromatic rings. The molecule has 0 fully saturated rings. The van der Waals surface area contributed by atoms with E-state index in [1.54, 1.807) is 0 Å². The summed E-state index contributed by atoms with van der Waals surface area (Å²) in [6.07, 6.45) is 19.6. The van der Waals surface area contributed by atoms with Gasteiger partial charge >= 0.3 is 5.97 Å². The fourth-order valence-electron chi connectivity index (χ4n) is 1.93. The van der Waals surface area contributed by atoms with Gasteiger partial charge in [-0.2, -0.15) is 0 Å². The molecule has 21 heavy (non-hydrogen) atoms. The Morgan fingerprint density at radius 1 is 0.952 bits per heavy atom. The van der Waals surface area contributed by atoms with Gasteiger partial charge in [0.05, 0.1) is 6.10 Å². The first-order valence-electron chi connectivity index (χ1n) is 8.05. The van der Waals surface area contributed by atoms with Crippen molar-refractivity contribution in [2.45, 2.75) is 70.8 Å². The normalized spacial score (nSPS) is 13.6. The molecule has 0 aliphatic rings. The van der Waals surface area contributed by atoms with E-state index in [1.807, 2.05) is 24.3 Å².